The van der Waals surface area contributed by atoms with Crippen LogP contribution in [0.3, 0.4) is 0 Å². The number of aromatic nitrogens is 2. The zero-order valence-corrected chi connectivity index (χ0v) is 13.7. The SMILES string of the molecule is COc1cc(COC(=O)c2ccccc2-c2nnc(C)o2)ccc1F. The molecule has 0 N–H and O–H groups in total. The van der Waals surface area contributed by atoms with Crippen LogP contribution in [0.4, 0.5) is 4.39 Å². The lowest BCUT2D eigenvalue weighted by molar-refractivity contribution is 0.0473. The van der Waals surface area contributed by atoms with Gasteiger partial charge in [-0.15, -0.1) is 10.2 Å². The third kappa shape index (κ3) is 3.65. The van der Waals surface area contributed by atoms with Crippen molar-refractivity contribution in [1.29, 1.82) is 0 Å². The Balaban J connectivity index is 1.78. The van der Waals surface area contributed by atoms with Crippen molar-refractivity contribution in [2.75, 3.05) is 7.11 Å². The smallest absolute Gasteiger partial charge is 0.339 e. The van der Waals surface area contributed by atoms with Gasteiger partial charge in [-0.05, 0) is 29.8 Å². The van der Waals surface area contributed by atoms with E-state index >= 15 is 0 Å². The average Bonchev–Trinajstić information content (AvgIpc) is 3.07. The second kappa shape index (κ2) is 7.12. The number of hydrogen-bond acceptors (Lipinski definition) is 6. The highest BCUT2D eigenvalue weighted by Gasteiger charge is 2.18. The van der Waals surface area contributed by atoms with Crippen LogP contribution in [0.25, 0.3) is 11.5 Å². The quantitative estimate of drug-likeness (QED) is 0.660. The number of carbonyl (C=O) groups excluding carboxylic acids is 1. The summed E-state index contributed by atoms with van der Waals surface area (Å²) < 4.78 is 29.0. The first-order chi connectivity index (χ1) is 12.1. The van der Waals surface area contributed by atoms with Crippen molar-refractivity contribution in [3.8, 4) is 17.2 Å². The second-order valence-corrected chi connectivity index (χ2v) is 5.22. The molecule has 0 aliphatic carbocycles. The molecular formula is C18H15FN2O4. The highest BCUT2D eigenvalue weighted by Crippen LogP contribution is 2.24. The van der Waals surface area contributed by atoms with E-state index in [0.29, 0.717) is 22.6 Å². The Morgan fingerprint density at radius 1 is 1.20 bits per heavy atom. The molecule has 0 spiro atoms. The number of aryl methyl sites for hydroxylation is 1. The maximum atomic E-state index is 13.4. The summed E-state index contributed by atoms with van der Waals surface area (Å²) in [5, 5.41) is 7.69. The number of halogens is 1. The number of carbonyl (C=O) groups is 1. The predicted octanol–water partition coefficient (Wildman–Crippen LogP) is 3.55. The summed E-state index contributed by atoms with van der Waals surface area (Å²) in [6, 6.07) is 11.1. The van der Waals surface area contributed by atoms with Crippen LogP contribution < -0.4 is 4.74 Å². The molecule has 1 heterocycles. The zero-order chi connectivity index (χ0) is 17.8. The molecule has 25 heavy (non-hydrogen) atoms. The molecule has 0 bridgehead atoms. The largest absolute Gasteiger partial charge is 0.494 e. The van der Waals surface area contributed by atoms with Gasteiger partial charge in [0, 0.05) is 6.92 Å². The summed E-state index contributed by atoms with van der Waals surface area (Å²) in [7, 11) is 1.37. The molecule has 0 aliphatic rings. The predicted molar refractivity (Wildman–Crippen MR) is 86.5 cm³/mol. The molecule has 0 aliphatic heterocycles. The van der Waals surface area contributed by atoms with Crippen LogP contribution in [0.15, 0.2) is 46.9 Å². The number of nitrogens with zero attached hydrogens (tertiary/aromatic N) is 2. The number of benzene rings is 2. The summed E-state index contributed by atoms with van der Waals surface area (Å²) in [4.78, 5) is 12.4. The molecule has 128 valence electrons. The highest BCUT2D eigenvalue weighted by molar-refractivity contribution is 5.96. The van der Waals surface area contributed by atoms with Gasteiger partial charge in [0.25, 0.3) is 0 Å². The monoisotopic (exact) mass is 342 g/mol. The van der Waals surface area contributed by atoms with Crippen LogP contribution in [0.1, 0.15) is 21.8 Å². The minimum atomic E-state index is -0.547. The molecule has 0 saturated carbocycles. The van der Waals surface area contributed by atoms with Gasteiger partial charge in [-0.2, -0.15) is 0 Å². The number of esters is 1. The van der Waals surface area contributed by atoms with Crippen molar-refractivity contribution in [3.63, 3.8) is 0 Å². The van der Waals surface area contributed by atoms with Crippen LogP contribution in [0.2, 0.25) is 0 Å². The van der Waals surface area contributed by atoms with E-state index in [2.05, 4.69) is 10.2 Å². The van der Waals surface area contributed by atoms with E-state index in [1.54, 1.807) is 31.2 Å². The average molecular weight is 342 g/mol. The Hall–Kier alpha value is -3.22. The number of ether oxygens (including phenoxy) is 2. The molecule has 7 heteroatoms. The fourth-order valence-corrected chi connectivity index (χ4v) is 2.27. The normalized spacial score (nSPS) is 10.5. The Kier molecular flexibility index (Phi) is 4.74. The van der Waals surface area contributed by atoms with Crippen LogP contribution in [0.5, 0.6) is 5.75 Å². The third-order valence-electron chi connectivity index (χ3n) is 3.49. The molecule has 2 aromatic carbocycles. The Morgan fingerprint density at radius 2 is 2.00 bits per heavy atom. The van der Waals surface area contributed by atoms with Crippen LogP contribution >= 0.6 is 0 Å². The van der Waals surface area contributed by atoms with Gasteiger partial charge in [-0.1, -0.05) is 18.2 Å². The van der Waals surface area contributed by atoms with Gasteiger partial charge in [0.15, 0.2) is 11.6 Å². The molecule has 3 aromatic rings. The van der Waals surface area contributed by atoms with Crippen molar-refractivity contribution >= 4 is 5.97 Å². The van der Waals surface area contributed by atoms with Crippen molar-refractivity contribution in [3.05, 3.63) is 65.3 Å². The topological polar surface area (TPSA) is 74.5 Å². The van der Waals surface area contributed by atoms with Gasteiger partial charge < -0.3 is 13.9 Å². The first-order valence-corrected chi connectivity index (χ1v) is 7.47. The summed E-state index contributed by atoms with van der Waals surface area (Å²) in [6.45, 7) is 1.64. The number of hydrogen-bond donors (Lipinski definition) is 0. The molecule has 0 saturated heterocycles. The molecule has 3 rings (SSSR count). The molecule has 0 radical (unpaired) electrons. The lowest BCUT2D eigenvalue weighted by Crippen LogP contribution is -2.07. The molecule has 1 aromatic heterocycles. The Morgan fingerprint density at radius 3 is 2.72 bits per heavy atom. The molecule has 0 atom stereocenters. The van der Waals surface area contributed by atoms with Crippen molar-refractivity contribution < 1.29 is 23.1 Å². The van der Waals surface area contributed by atoms with E-state index in [9.17, 15) is 9.18 Å². The summed E-state index contributed by atoms with van der Waals surface area (Å²) in [5.74, 6) is -0.287. The van der Waals surface area contributed by atoms with E-state index in [-0.39, 0.29) is 18.2 Å². The lowest BCUT2D eigenvalue weighted by Gasteiger charge is -2.09. The Labute approximate surface area is 143 Å². The van der Waals surface area contributed by atoms with E-state index in [1.165, 1.54) is 25.3 Å². The molecule has 0 unspecified atom stereocenters. The van der Waals surface area contributed by atoms with E-state index in [4.69, 9.17) is 13.9 Å². The first-order valence-electron chi connectivity index (χ1n) is 7.47. The first kappa shape index (κ1) is 16.6. The van der Waals surface area contributed by atoms with Crippen molar-refractivity contribution in [2.45, 2.75) is 13.5 Å². The van der Waals surface area contributed by atoms with Gasteiger partial charge in [0.1, 0.15) is 6.61 Å². The molecule has 0 fully saturated rings. The lowest BCUT2D eigenvalue weighted by atomic mass is 10.1. The molecule has 6 nitrogen and oxygen atoms in total. The van der Waals surface area contributed by atoms with Gasteiger partial charge in [0.05, 0.1) is 18.2 Å². The van der Waals surface area contributed by atoms with Gasteiger partial charge in [-0.25, -0.2) is 9.18 Å². The second-order valence-electron chi connectivity index (χ2n) is 5.22. The highest BCUT2D eigenvalue weighted by atomic mass is 19.1. The van der Waals surface area contributed by atoms with E-state index in [1.807, 2.05) is 0 Å². The number of methoxy groups -OCH3 is 1. The fraction of sp³-hybridized carbons (Fsp3) is 0.167. The van der Waals surface area contributed by atoms with Gasteiger partial charge in [0.2, 0.25) is 11.8 Å². The maximum absolute atomic E-state index is 13.4. The van der Waals surface area contributed by atoms with Gasteiger partial charge >= 0.3 is 5.97 Å². The molecule has 0 amide bonds. The summed E-state index contributed by atoms with van der Waals surface area (Å²) in [5.41, 5.74) is 1.41. The molecular weight excluding hydrogens is 327 g/mol. The number of rotatable bonds is 5. The minimum absolute atomic E-state index is 0.0212. The van der Waals surface area contributed by atoms with Crippen LogP contribution in [-0.2, 0) is 11.3 Å². The van der Waals surface area contributed by atoms with Crippen LogP contribution in [0, 0.1) is 12.7 Å². The van der Waals surface area contributed by atoms with Crippen molar-refractivity contribution in [1.82, 2.24) is 10.2 Å². The van der Waals surface area contributed by atoms with E-state index < -0.39 is 11.8 Å². The van der Waals surface area contributed by atoms with Crippen LogP contribution in [-0.4, -0.2) is 23.3 Å². The van der Waals surface area contributed by atoms with Gasteiger partial charge in [-0.3, -0.25) is 0 Å². The standard InChI is InChI=1S/C18H15FN2O4/c1-11-20-21-17(25-11)13-5-3-4-6-14(13)18(22)24-10-12-7-8-15(19)16(9-12)23-2/h3-9H,10H2,1-2H3. The summed E-state index contributed by atoms with van der Waals surface area (Å²) in [6.07, 6.45) is 0. The fourth-order valence-electron chi connectivity index (χ4n) is 2.27. The summed E-state index contributed by atoms with van der Waals surface area (Å²) >= 11 is 0. The van der Waals surface area contributed by atoms with E-state index in [0.717, 1.165) is 0 Å². The maximum Gasteiger partial charge on any atom is 0.339 e. The third-order valence-corrected chi connectivity index (χ3v) is 3.49. The van der Waals surface area contributed by atoms with Crippen molar-refractivity contribution in [2.24, 2.45) is 0 Å². The zero-order valence-electron chi connectivity index (χ0n) is 13.7. The Bertz CT molecular complexity index is 908. The minimum Gasteiger partial charge on any atom is -0.494 e.